The van der Waals surface area contributed by atoms with E-state index in [9.17, 15) is 14.7 Å². The van der Waals surface area contributed by atoms with Crippen LogP contribution in [0.5, 0.6) is 0 Å². The zero-order valence-corrected chi connectivity index (χ0v) is 12.3. The number of likely N-dealkylation sites (tertiary alicyclic amines) is 1. The molecule has 4 N–H and O–H groups in total. The Labute approximate surface area is 119 Å². The number of carboxylic acids is 1. The van der Waals surface area contributed by atoms with Crippen LogP contribution in [-0.4, -0.2) is 64.9 Å². The van der Waals surface area contributed by atoms with Gasteiger partial charge in [0.15, 0.2) is 5.60 Å². The normalized spacial score (nSPS) is 22.6. The molecule has 1 rings (SSSR count). The van der Waals surface area contributed by atoms with Gasteiger partial charge in [0, 0.05) is 19.1 Å². The highest BCUT2D eigenvalue weighted by atomic mass is 16.4. The van der Waals surface area contributed by atoms with Crippen LogP contribution in [0.3, 0.4) is 0 Å². The predicted molar refractivity (Wildman–Crippen MR) is 74.5 cm³/mol. The van der Waals surface area contributed by atoms with Crippen LogP contribution < -0.4 is 10.6 Å². The number of aliphatic hydroxyl groups is 1. The fraction of sp³-hybridized carbons (Fsp3) is 0.846. The zero-order valence-electron chi connectivity index (χ0n) is 12.3. The molecule has 1 aliphatic heterocycles. The number of carbonyl (C=O) groups is 2. The summed E-state index contributed by atoms with van der Waals surface area (Å²) in [7, 11) is 0. The lowest BCUT2D eigenvalue weighted by Gasteiger charge is -2.21. The highest BCUT2D eigenvalue weighted by Gasteiger charge is 2.30. The average molecular weight is 287 g/mol. The number of hydrogen-bond acceptors (Lipinski definition) is 4. The second-order valence-corrected chi connectivity index (χ2v) is 5.89. The van der Waals surface area contributed by atoms with Crippen molar-refractivity contribution in [3.05, 3.63) is 0 Å². The van der Waals surface area contributed by atoms with Crippen molar-refractivity contribution >= 4 is 12.0 Å². The first-order valence-electron chi connectivity index (χ1n) is 6.94. The molecule has 0 bridgehead atoms. The van der Waals surface area contributed by atoms with Gasteiger partial charge in [-0.3, -0.25) is 0 Å². The Morgan fingerprint density at radius 2 is 2.05 bits per heavy atom. The summed E-state index contributed by atoms with van der Waals surface area (Å²) in [6, 6.07) is 0.0639. The van der Waals surface area contributed by atoms with E-state index in [0.717, 1.165) is 26.4 Å². The van der Waals surface area contributed by atoms with E-state index in [1.807, 2.05) is 0 Å². The molecule has 7 nitrogen and oxygen atoms in total. The minimum atomic E-state index is -1.95. The Balaban J connectivity index is 2.23. The highest BCUT2D eigenvalue weighted by molar-refractivity contribution is 5.79. The smallest absolute Gasteiger partial charge is 0.337 e. The molecule has 0 aromatic rings. The first kappa shape index (κ1) is 16.7. The number of carboxylic acid groups (broad SMARTS) is 1. The van der Waals surface area contributed by atoms with E-state index < -0.39 is 17.6 Å². The molecule has 0 aromatic heterocycles. The number of urea groups is 1. The van der Waals surface area contributed by atoms with Crippen molar-refractivity contribution in [3.63, 3.8) is 0 Å². The van der Waals surface area contributed by atoms with E-state index in [-0.39, 0.29) is 6.54 Å². The van der Waals surface area contributed by atoms with Crippen LogP contribution in [0.2, 0.25) is 0 Å². The fourth-order valence-corrected chi connectivity index (χ4v) is 2.13. The topological polar surface area (TPSA) is 102 Å². The van der Waals surface area contributed by atoms with E-state index in [4.69, 9.17) is 5.11 Å². The Bertz CT molecular complexity index is 358. The third-order valence-corrected chi connectivity index (χ3v) is 3.65. The fourth-order valence-electron chi connectivity index (χ4n) is 2.13. The summed E-state index contributed by atoms with van der Waals surface area (Å²) in [5, 5.41) is 23.3. The molecule has 0 radical (unpaired) electrons. The molecule has 1 fully saturated rings. The molecule has 0 aliphatic carbocycles. The van der Waals surface area contributed by atoms with Crippen molar-refractivity contribution < 1.29 is 19.8 Å². The molecule has 0 aromatic carbocycles. The number of nitrogens with zero attached hydrogens (tertiary/aromatic N) is 1. The summed E-state index contributed by atoms with van der Waals surface area (Å²) in [6.45, 7) is 7.69. The van der Waals surface area contributed by atoms with Gasteiger partial charge in [0.1, 0.15) is 0 Å². The Morgan fingerprint density at radius 1 is 1.40 bits per heavy atom. The first-order valence-corrected chi connectivity index (χ1v) is 6.94. The highest BCUT2D eigenvalue weighted by Crippen LogP contribution is 2.17. The van der Waals surface area contributed by atoms with Gasteiger partial charge in [-0.05, 0) is 39.7 Å². The van der Waals surface area contributed by atoms with Gasteiger partial charge >= 0.3 is 12.0 Å². The number of amides is 2. The number of carbonyl (C=O) groups excluding carboxylic acids is 1. The van der Waals surface area contributed by atoms with Gasteiger partial charge in [-0.25, -0.2) is 9.59 Å². The summed E-state index contributed by atoms with van der Waals surface area (Å²) in [5.41, 5.74) is -1.95. The average Bonchev–Trinajstić information content (AvgIpc) is 2.82. The van der Waals surface area contributed by atoms with Crippen LogP contribution in [0.15, 0.2) is 0 Å². The third kappa shape index (κ3) is 4.97. The second kappa shape index (κ2) is 6.90. The maximum Gasteiger partial charge on any atom is 0.337 e. The van der Waals surface area contributed by atoms with E-state index in [1.165, 1.54) is 0 Å². The maximum atomic E-state index is 11.5. The van der Waals surface area contributed by atoms with Crippen LogP contribution in [0, 0.1) is 5.92 Å². The van der Waals surface area contributed by atoms with E-state index in [2.05, 4.69) is 29.4 Å². The van der Waals surface area contributed by atoms with Gasteiger partial charge in [-0.2, -0.15) is 0 Å². The molecule has 2 atom stereocenters. The molecule has 1 saturated heterocycles. The SMILES string of the molecule is CC(C)N1CCC(CNC(=O)NCC(C)(O)C(=O)O)C1. The summed E-state index contributed by atoms with van der Waals surface area (Å²) < 4.78 is 0. The summed E-state index contributed by atoms with van der Waals surface area (Å²) >= 11 is 0. The zero-order chi connectivity index (χ0) is 15.3. The van der Waals surface area contributed by atoms with Crippen molar-refractivity contribution in [2.75, 3.05) is 26.2 Å². The van der Waals surface area contributed by atoms with E-state index in [0.29, 0.717) is 18.5 Å². The first-order chi connectivity index (χ1) is 9.22. The predicted octanol–water partition coefficient (Wildman–Crippen LogP) is -0.148. The molecule has 0 saturated carbocycles. The van der Waals surface area contributed by atoms with Crippen molar-refractivity contribution in [1.82, 2.24) is 15.5 Å². The maximum absolute atomic E-state index is 11.5. The lowest BCUT2D eigenvalue weighted by Crippen LogP contribution is -2.49. The third-order valence-electron chi connectivity index (χ3n) is 3.65. The van der Waals surface area contributed by atoms with Gasteiger partial charge in [0.05, 0.1) is 6.54 Å². The lowest BCUT2D eigenvalue weighted by molar-refractivity contribution is -0.155. The van der Waals surface area contributed by atoms with Crippen LogP contribution in [0.4, 0.5) is 4.79 Å². The van der Waals surface area contributed by atoms with Gasteiger partial charge < -0.3 is 25.7 Å². The van der Waals surface area contributed by atoms with Crippen LogP contribution in [0.1, 0.15) is 27.2 Å². The molecular formula is C13H25N3O4. The van der Waals surface area contributed by atoms with Crippen LogP contribution in [0.25, 0.3) is 0 Å². The van der Waals surface area contributed by atoms with Crippen LogP contribution in [-0.2, 0) is 4.79 Å². The number of hydrogen-bond donors (Lipinski definition) is 4. The van der Waals surface area contributed by atoms with Crippen molar-refractivity contribution in [1.29, 1.82) is 0 Å². The van der Waals surface area contributed by atoms with Gasteiger partial charge in [-0.15, -0.1) is 0 Å². The van der Waals surface area contributed by atoms with Crippen molar-refractivity contribution in [2.24, 2.45) is 5.92 Å². The second-order valence-electron chi connectivity index (χ2n) is 5.89. The molecule has 0 spiro atoms. The minimum Gasteiger partial charge on any atom is -0.479 e. The molecule has 1 heterocycles. The van der Waals surface area contributed by atoms with Gasteiger partial charge in [0.2, 0.25) is 0 Å². The quantitative estimate of drug-likeness (QED) is 0.544. The molecule has 1 aliphatic rings. The minimum absolute atomic E-state index is 0.322. The summed E-state index contributed by atoms with van der Waals surface area (Å²) in [5.74, 6) is -0.940. The van der Waals surface area contributed by atoms with Crippen molar-refractivity contribution in [2.45, 2.75) is 38.8 Å². The Hall–Kier alpha value is -1.34. The standard InChI is InChI=1S/C13H25N3O4/c1-9(2)16-5-4-10(7-16)6-14-12(19)15-8-13(3,20)11(17)18/h9-10,20H,4-8H2,1-3H3,(H,17,18)(H2,14,15,19). The summed E-state index contributed by atoms with van der Waals surface area (Å²) in [6.07, 6.45) is 1.05. The lowest BCUT2D eigenvalue weighted by atomic mass is 10.1. The Morgan fingerprint density at radius 3 is 2.55 bits per heavy atom. The van der Waals surface area contributed by atoms with E-state index in [1.54, 1.807) is 0 Å². The molecule has 7 heteroatoms. The number of nitrogens with one attached hydrogen (secondary N) is 2. The Kier molecular flexibility index (Phi) is 5.76. The van der Waals surface area contributed by atoms with Gasteiger partial charge in [0.25, 0.3) is 0 Å². The summed E-state index contributed by atoms with van der Waals surface area (Å²) in [4.78, 5) is 24.6. The van der Waals surface area contributed by atoms with Crippen molar-refractivity contribution in [3.8, 4) is 0 Å². The monoisotopic (exact) mass is 287 g/mol. The number of rotatable bonds is 6. The van der Waals surface area contributed by atoms with E-state index >= 15 is 0 Å². The molecule has 2 amide bonds. The number of aliphatic carboxylic acids is 1. The van der Waals surface area contributed by atoms with Gasteiger partial charge in [-0.1, -0.05) is 0 Å². The molecule has 2 unspecified atom stereocenters. The molecular weight excluding hydrogens is 262 g/mol. The largest absolute Gasteiger partial charge is 0.479 e. The van der Waals surface area contributed by atoms with Crippen LogP contribution >= 0.6 is 0 Å². The molecule has 116 valence electrons. The molecule has 20 heavy (non-hydrogen) atoms.